The zero-order valence-corrected chi connectivity index (χ0v) is 18.8. The number of nitrogens with one attached hydrogen (secondary N) is 1. The summed E-state index contributed by atoms with van der Waals surface area (Å²) >= 11 is 5.69. The Morgan fingerprint density at radius 1 is 1.00 bits per heavy atom. The number of amides is 1. The number of piperidine rings is 1. The van der Waals surface area contributed by atoms with Crippen molar-refractivity contribution in [3.05, 3.63) is 53.1 Å². The highest BCUT2D eigenvalue weighted by atomic mass is 32.1. The van der Waals surface area contributed by atoms with E-state index < -0.39 is 0 Å². The van der Waals surface area contributed by atoms with E-state index in [1.54, 1.807) is 0 Å². The Labute approximate surface area is 184 Å². The normalized spacial score (nSPS) is 13.6. The number of thiocarbonyl (C=S) groups is 1. The maximum atomic E-state index is 12.3. The summed E-state index contributed by atoms with van der Waals surface area (Å²) in [4.78, 5) is 15.4. The van der Waals surface area contributed by atoms with Crippen LogP contribution in [-0.4, -0.2) is 42.1 Å². The van der Waals surface area contributed by atoms with E-state index in [0.717, 1.165) is 34.9 Å². The van der Waals surface area contributed by atoms with Crippen LogP contribution >= 0.6 is 12.2 Å². The fraction of sp³-hybridized carbons (Fsp3) is 0.417. The number of carbonyl (C=O) groups excluding carboxylic acids is 1. The third-order valence-electron chi connectivity index (χ3n) is 5.28. The minimum atomic E-state index is -0.214. The Hall–Kier alpha value is -2.60. The van der Waals surface area contributed by atoms with Crippen LogP contribution in [0.3, 0.4) is 0 Å². The van der Waals surface area contributed by atoms with E-state index in [-0.39, 0.29) is 12.5 Å². The molecule has 1 heterocycles. The molecule has 1 aliphatic rings. The first-order valence-corrected chi connectivity index (χ1v) is 10.9. The predicted octanol–water partition coefficient (Wildman–Crippen LogP) is 4.88. The first-order chi connectivity index (χ1) is 14.5. The van der Waals surface area contributed by atoms with Crippen molar-refractivity contribution in [2.45, 2.75) is 40.0 Å². The van der Waals surface area contributed by atoms with Crippen molar-refractivity contribution in [1.82, 2.24) is 4.90 Å². The fourth-order valence-corrected chi connectivity index (χ4v) is 3.78. The van der Waals surface area contributed by atoms with Crippen LogP contribution in [0, 0.1) is 13.8 Å². The van der Waals surface area contributed by atoms with Gasteiger partial charge >= 0.3 is 0 Å². The van der Waals surface area contributed by atoms with Gasteiger partial charge in [-0.2, -0.15) is 0 Å². The first kappa shape index (κ1) is 22.1. The number of ether oxygens (including phenoxy) is 2. The third kappa shape index (κ3) is 5.72. The van der Waals surface area contributed by atoms with E-state index in [0.29, 0.717) is 18.1 Å². The Morgan fingerprint density at radius 3 is 2.47 bits per heavy atom. The summed E-state index contributed by atoms with van der Waals surface area (Å²) in [6, 6.07) is 11.5. The van der Waals surface area contributed by atoms with Gasteiger partial charge in [0.25, 0.3) is 5.91 Å². The number of likely N-dealkylation sites (tertiary alicyclic amines) is 1. The second kappa shape index (κ2) is 10.4. The zero-order valence-electron chi connectivity index (χ0n) is 18.0. The highest BCUT2D eigenvalue weighted by molar-refractivity contribution is 7.80. The van der Waals surface area contributed by atoms with Crippen LogP contribution in [0.5, 0.6) is 11.5 Å². The monoisotopic (exact) mass is 426 g/mol. The predicted molar refractivity (Wildman–Crippen MR) is 125 cm³/mol. The smallest absolute Gasteiger partial charge is 0.262 e. The molecule has 2 aromatic rings. The molecule has 0 radical (unpaired) electrons. The summed E-state index contributed by atoms with van der Waals surface area (Å²) in [5, 5.41) is 2.87. The van der Waals surface area contributed by atoms with Crippen molar-refractivity contribution in [2.75, 3.05) is 31.6 Å². The Balaban J connectivity index is 1.65. The SMILES string of the molecule is CCOc1cc(C(=S)N2CCCCC2)ccc1OCC(=O)Nc1ccc(C)c(C)c1. The van der Waals surface area contributed by atoms with Crippen LogP contribution in [0.2, 0.25) is 0 Å². The molecule has 1 aliphatic heterocycles. The molecule has 1 amide bonds. The number of aryl methyl sites for hydroxylation is 2. The summed E-state index contributed by atoms with van der Waals surface area (Å²) in [6.45, 7) is 8.39. The van der Waals surface area contributed by atoms with Crippen LogP contribution in [0.25, 0.3) is 0 Å². The molecule has 160 valence electrons. The summed E-state index contributed by atoms with van der Waals surface area (Å²) < 4.78 is 11.5. The third-order valence-corrected chi connectivity index (χ3v) is 5.78. The minimum absolute atomic E-state index is 0.0943. The van der Waals surface area contributed by atoms with Crippen LogP contribution in [0.4, 0.5) is 5.69 Å². The van der Waals surface area contributed by atoms with Gasteiger partial charge in [-0.05, 0) is 81.5 Å². The van der Waals surface area contributed by atoms with Crippen molar-refractivity contribution in [2.24, 2.45) is 0 Å². The second-order valence-corrected chi connectivity index (χ2v) is 7.97. The standard InChI is InChI=1S/C24H30N2O3S/c1-4-28-22-15-19(24(30)26-12-6-5-7-13-26)9-11-21(22)29-16-23(27)25-20-10-8-17(2)18(3)14-20/h8-11,14-15H,4-7,12-13,16H2,1-3H3,(H,25,27). The molecule has 1 saturated heterocycles. The lowest BCUT2D eigenvalue weighted by molar-refractivity contribution is -0.118. The van der Waals surface area contributed by atoms with E-state index in [1.165, 1.54) is 24.8 Å². The molecule has 2 aromatic carbocycles. The van der Waals surface area contributed by atoms with Gasteiger partial charge in [0.2, 0.25) is 0 Å². The molecule has 0 aliphatic carbocycles. The van der Waals surface area contributed by atoms with E-state index in [4.69, 9.17) is 21.7 Å². The largest absolute Gasteiger partial charge is 0.490 e. The highest BCUT2D eigenvalue weighted by Crippen LogP contribution is 2.30. The lowest BCUT2D eigenvalue weighted by Gasteiger charge is -2.29. The van der Waals surface area contributed by atoms with Gasteiger partial charge in [0.05, 0.1) is 6.61 Å². The molecule has 5 nitrogen and oxygen atoms in total. The molecule has 0 atom stereocenters. The van der Waals surface area contributed by atoms with Gasteiger partial charge < -0.3 is 19.7 Å². The van der Waals surface area contributed by atoms with Gasteiger partial charge in [-0.1, -0.05) is 18.3 Å². The van der Waals surface area contributed by atoms with Crippen molar-refractivity contribution >= 4 is 28.8 Å². The van der Waals surface area contributed by atoms with E-state index in [1.807, 2.05) is 57.2 Å². The van der Waals surface area contributed by atoms with Crippen LogP contribution in [0.1, 0.15) is 42.9 Å². The molecular weight excluding hydrogens is 396 g/mol. The number of anilines is 1. The average Bonchev–Trinajstić information content (AvgIpc) is 2.75. The van der Waals surface area contributed by atoms with Gasteiger partial charge in [-0.3, -0.25) is 4.79 Å². The number of carbonyl (C=O) groups is 1. The molecule has 30 heavy (non-hydrogen) atoms. The Morgan fingerprint density at radius 2 is 1.77 bits per heavy atom. The van der Waals surface area contributed by atoms with Gasteiger partial charge in [-0.25, -0.2) is 0 Å². The summed E-state index contributed by atoms with van der Waals surface area (Å²) in [7, 11) is 0. The van der Waals surface area contributed by atoms with Gasteiger partial charge in [0.15, 0.2) is 18.1 Å². The highest BCUT2D eigenvalue weighted by Gasteiger charge is 2.17. The van der Waals surface area contributed by atoms with Crippen LogP contribution < -0.4 is 14.8 Å². The topological polar surface area (TPSA) is 50.8 Å². The van der Waals surface area contributed by atoms with E-state index >= 15 is 0 Å². The lowest BCUT2D eigenvalue weighted by Crippen LogP contribution is -2.34. The number of hydrogen-bond donors (Lipinski definition) is 1. The molecule has 1 N–H and O–H groups in total. The van der Waals surface area contributed by atoms with Crippen molar-refractivity contribution in [1.29, 1.82) is 0 Å². The van der Waals surface area contributed by atoms with E-state index in [9.17, 15) is 4.79 Å². The summed E-state index contributed by atoms with van der Waals surface area (Å²) in [5.74, 6) is 0.930. The second-order valence-electron chi connectivity index (χ2n) is 7.58. The average molecular weight is 427 g/mol. The molecule has 3 rings (SSSR count). The van der Waals surface area contributed by atoms with Gasteiger partial charge in [0, 0.05) is 24.3 Å². The lowest BCUT2D eigenvalue weighted by atomic mass is 10.1. The van der Waals surface area contributed by atoms with Crippen molar-refractivity contribution < 1.29 is 14.3 Å². The molecule has 0 unspecified atom stereocenters. The molecule has 0 saturated carbocycles. The Bertz CT molecular complexity index is 907. The molecule has 1 fully saturated rings. The molecule has 6 heteroatoms. The van der Waals surface area contributed by atoms with Gasteiger partial charge in [-0.15, -0.1) is 0 Å². The van der Waals surface area contributed by atoms with Crippen molar-refractivity contribution in [3.8, 4) is 11.5 Å². The summed E-state index contributed by atoms with van der Waals surface area (Å²) in [6.07, 6.45) is 3.62. The maximum absolute atomic E-state index is 12.3. The van der Waals surface area contributed by atoms with E-state index in [2.05, 4.69) is 10.2 Å². The van der Waals surface area contributed by atoms with Crippen LogP contribution in [0.15, 0.2) is 36.4 Å². The quantitative estimate of drug-likeness (QED) is 0.640. The minimum Gasteiger partial charge on any atom is -0.490 e. The van der Waals surface area contributed by atoms with Gasteiger partial charge in [0.1, 0.15) is 4.99 Å². The number of nitrogens with zero attached hydrogens (tertiary/aromatic N) is 1. The number of benzene rings is 2. The fourth-order valence-electron chi connectivity index (χ4n) is 3.47. The first-order valence-electron chi connectivity index (χ1n) is 10.5. The molecule has 0 aromatic heterocycles. The van der Waals surface area contributed by atoms with Crippen molar-refractivity contribution in [3.63, 3.8) is 0 Å². The summed E-state index contributed by atoms with van der Waals surface area (Å²) in [5.41, 5.74) is 4.03. The number of hydrogen-bond acceptors (Lipinski definition) is 4. The molecule has 0 bridgehead atoms. The molecule has 0 spiro atoms. The zero-order chi connectivity index (χ0) is 21.5. The molecular formula is C24H30N2O3S. The van der Waals surface area contributed by atoms with Crippen LogP contribution in [-0.2, 0) is 4.79 Å². The maximum Gasteiger partial charge on any atom is 0.262 e. The Kier molecular flexibility index (Phi) is 7.69. The number of rotatable bonds is 7.